The second kappa shape index (κ2) is 8.62. The first-order valence-corrected chi connectivity index (χ1v) is 8.87. The van der Waals surface area contributed by atoms with Gasteiger partial charge in [0.15, 0.2) is 0 Å². The van der Waals surface area contributed by atoms with Crippen LogP contribution in [0.2, 0.25) is 5.02 Å². The summed E-state index contributed by atoms with van der Waals surface area (Å²) in [4.78, 5) is 23.0. The SMILES string of the molecule is O=C(/C=C/c1ccc(Cl)cc1)NCc1nccc(N2CCCCC2)n1. The summed E-state index contributed by atoms with van der Waals surface area (Å²) in [6.45, 7) is 2.38. The number of aromatic nitrogens is 2. The minimum atomic E-state index is -0.179. The van der Waals surface area contributed by atoms with Gasteiger partial charge in [-0.3, -0.25) is 4.79 Å². The van der Waals surface area contributed by atoms with E-state index in [2.05, 4.69) is 20.2 Å². The average molecular weight is 357 g/mol. The van der Waals surface area contributed by atoms with Crippen molar-refractivity contribution in [1.29, 1.82) is 0 Å². The fourth-order valence-electron chi connectivity index (χ4n) is 2.74. The monoisotopic (exact) mass is 356 g/mol. The maximum absolute atomic E-state index is 12.0. The molecule has 1 aromatic carbocycles. The lowest BCUT2D eigenvalue weighted by Crippen LogP contribution is -2.30. The molecule has 25 heavy (non-hydrogen) atoms. The number of anilines is 1. The minimum absolute atomic E-state index is 0.179. The van der Waals surface area contributed by atoms with Crippen LogP contribution in [0.4, 0.5) is 5.82 Å². The van der Waals surface area contributed by atoms with Gasteiger partial charge in [0.2, 0.25) is 5.91 Å². The molecule has 1 aliphatic heterocycles. The van der Waals surface area contributed by atoms with Gasteiger partial charge in [0.05, 0.1) is 6.54 Å². The number of piperidine rings is 1. The second-order valence-corrected chi connectivity index (χ2v) is 6.42. The van der Waals surface area contributed by atoms with Gasteiger partial charge in [-0.1, -0.05) is 23.7 Å². The standard InChI is InChI=1S/C19H21ClN4O/c20-16-7-4-15(5-8-16)6-9-19(25)22-14-17-21-11-10-18(23-17)24-12-2-1-3-13-24/h4-11H,1-3,12-14H2,(H,22,25)/b9-6+. The van der Waals surface area contributed by atoms with Crippen molar-refractivity contribution in [2.24, 2.45) is 0 Å². The Morgan fingerprint density at radius 3 is 2.68 bits per heavy atom. The van der Waals surface area contributed by atoms with Gasteiger partial charge in [0.25, 0.3) is 0 Å². The molecule has 1 aliphatic rings. The largest absolute Gasteiger partial charge is 0.357 e. The summed E-state index contributed by atoms with van der Waals surface area (Å²) in [5.74, 6) is 1.38. The Labute approximate surface area is 152 Å². The third-order valence-electron chi connectivity index (χ3n) is 4.09. The zero-order chi connectivity index (χ0) is 17.5. The van der Waals surface area contributed by atoms with Crippen molar-refractivity contribution in [3.05, 3.63) is 59.0 Å². The Hall–Kier alpha value is -2.40. The molecule has 0 spiro atoms. The zero-order valence-corrected chi connectivity index (χ0v) is 14.7. The van der Waals surface area contributed by atoms with Crippen molar-refractivity contribution in [2.75, 3.05) is 18.0 Å². The predicted octanol–water partition coefficient (Wildman–Crippen LogP) is 3.45. The van der Waals surface area contributed by atoms with Crippen LogP contribution in [0.15, 0.2) is 42.6 Å². The summed E-state index contributed by atoms with van der Waals surface area (Å²) in [5, 5.41) is 3.49. The van der Waals surface area contributed by atoms with Crippen LogP contribution < -0.4 is 10.2 Å². The van der Waals surface area contributed by atoms with Crippen LogP contribution >= 0.6 is 11.6 Å². The van der Waals surface area contributed by atoms with Gasteiger partial charge < -0.3 is 10.2 Å². The van der Waals surface area contributed by atoms with Crippen molar-refractivity contribution in [3.8, 4) is 0 Å². The van der Waals surface area contributed by atoms with Crippen molar-refractivity contribution >= 4 is 29.4 Å². The molecule has 1 fully saturated rings. The smallest absolute Gasteiger partial charge is 0.244 e. The maximum atomic E-state index is 12.0. The number of carbonyl (C=O) groups excluding carboxylic acids is 1. The summed E-state index contributed by atoms with van der Waals surface area (Å²) in [7, 11) is 0. The molecule has 1 saturated heterocycles. The number of benzene rings is 1. The molecule has 130 valence electrons. The quantitative estimate of drug-likeness (QED) is 0.834. The first-order valence-electron chi connectivity index (χ1n) is 8.49. The van der Waals surface area contributed by atoms with Crippen LogP contribution in [0, 0.1) is 0 Å². The molecule has 0 aliphatic carbocycles. The Bertz CT molecular complexity index is 739. The summed E-state index contributed by atoms with van der Waals surface area (Å²) in [5.41, 5.74) is 0.919. The average Bonchev–Trinajstić information content (AvgIpc) is 2.67. The number of rotatable bonds is 5. The lowest BCUT2D eigenvalue weighted by atomic mass is 10.1. The molecule has 2 heterocycles. The molecule has 1 aromatic heterocycles. The highest BCUT2D eigenvalue weighted by Gasteiger charge is 2.12. The molecule has 1 N–H and O–H groups in total. The molecule has 0 atom stereocenters. The van der Waals surface area contributed by atoms with E-state index in [1.54, 1.807) is 24.4 Å². The van der Waals surface area contributed by atoms with E-state index in [1.165, 1.54) is 25.3 Å². The summed E-state index contributed by atoms with van der Waals surface area (Å²) >= 11 is 5.84. The van der Waals surface area contributed by atoms with E-state index in [4.69, 9.17) is 11.6 Å². The van der Waals surface area contributed by atoms with Gasteiger partial charge in [-0.2, -0.15) is 0 Å². The molecule has 2 aromatic rings. The van der Waals surface area contributed by atoms with Crippen LogP contribution in [0.25, 0.3) is 6.08 Å². The number of carbonyl (C=O) groups is 1. The maximum Gasteiger partial charge on any atom is 0.244 e. The lowest BCUT2D eigenvalue weighted by molar-refractivity contribution is -0.116. The number of hydrogen-bond acceptors (Lipinski definition) is 4. The summed E-state index contributed by atoms with van der Waals surface area (Å²) in [6.07, 6.45) is 8.68. The van der Waals surface area contributed by atoms with Crippen LogP contribution in [-0.2, 0) is 11.3 Å². The van der Waals surface area contributed by atoms with Gasteiger partial charge in [-0.25, -0.2) is 9.97 Å². The molecule has 0 unspecified atom stereocenters. The van der Waals surface area contributed by atoms with Gasteiger partial charge in [-0.15, -0.1) is 0 Å². The second-order valence-electron chi connectivity index (χ2n) is 5.98. The molecule has 0 bridgehead atoms. The van der Waals surface area contributed by atoms with Crippen LogP contribution in [0.5, 0.6) is 0 Å². The highest BCUT2D eigenvalue weighted by molar-refractivity contribution is 6.30. The Kier molecular flexibility index (Phi) is 6.01. The van der Waals surface area contributed by atoms with E-state index in [0.29, 0.717) is 17.4 Å². The van der Waals surface area contributed by atoms with E-state index >= 15 is 0 Å². The van der Waals surface area contributed by atoms with Crippen molar-refractivity contribution in [2.45, 2.75) is 25.8 Å². The molecule has 3 rings (SSSR count). The lowest BCUT2D eigenvalue weighted by Gasteiger charge is -2.27. The normalized spacial score (nSPS) is 14.7. The van der Waals surface area contributed by atoms with Crippen molar-refractivity contribution < 1.29 is 4.79 Å². The molecule has 6 heteroatoms. The topological polar surface area (TPSA) is 58.1 Å². The number of nitrogens with one attached hydrogen (secondary N) is 1. The summed E-state index contributed by atoms with van der Waals surface area (Å²) in [6, 6.07) is 9.23. The van der Waals surface area contributed by atoms with Crippen molar-refractivity contribution in [1.82, 2.24) is 15.3 Å². The van der Waals surface area contributed by atoms with E-state index in [-0.39, 0.29) is 5.91 Å². The highest BCUT2D eigenvalue weighted by Crippen LogP contribution is 2.16. The zero-order valence-electron chi connectivity index (χ0n) is 14.0. The number of amides is 1. The Balaban J connectivity index is 1.54. The van der Waals surface area contributed by atoms with Gasteiger partial charge in [0, 0.05) is 30.4 Å². The van der Waals surface area contributed by atoms with Crippen LogP contribution in [-0.4, -0.2) is 29.0 Å². The molecule has 5 nitrogen and oxygen atoms in total. The first-order chi connectivity index (χ1) is 12.2. The van der Waals surface area contributed by atoms with E-state index in [9.17, 15) is 4.79 Å². The first kappa shape index (κ1) is 17.4. The van der Waals surface area contributed by atoms with E-state index in [0.717, 1.165) is 24.5 Å². The number of nitrogens with zero attached hydrogens (tertiary/aromatic N) is 3. The Morgan fingerprint density at radius 2 is 1.92 bits per heavy atom. The van der Waals surface area contributed by atoms with Crippen LogP contribution in [0.3, 0.4) is 0 Å². The Morgan fingerprint density at radius 1 is 1.16 bits per heavy atom. The van der Waals surface area contributed by atoms with E-state index in [1.807, 2.05) is 18.2 Å². The number of halogens is 1. The third-order valence-corrected chi connectivity index (χ3v) is 4.34. The van der Waals surface area contributed by atoms with Gasteiger partial charge in [0.1, 0.15) is 11.6 Å². The molecular weight excluding hydrogens is 336 g/mol. The highest BCUT2D eigenvalue weighted by atomic mass is 35.5. The van der Waals surface area contributed by atoms with Gasteiger partial charge >= 0.3 is 0 Å². The molecule has 0 radical (unpaired) electrons. The van der Waals surface area contributed by atoms with Gasteiger partial charge in [-0.05, 0) is 49.1 Å². The summed E-state index contributed by atoms with van der Waals surface area (Å²) < 4.78 is 0. The van der Waals surface area contributed by atoms with Crippen molar-refractivity contribution in [3.63, 3.8) is 0 Å². The molecule has 0 saturated carbocycles. The van der Waals surface area contributed by atoms with Crippen LogP contribution in [0.1, 0.15) is 30.7 Å². The third kappa shape index (κ3) is 5.29. The van der Waals surface area contributed by atoms with E-state index < -0.39 is 0 Å². The predicted molar refractivity (Wildman–Crippen MR) is 100 cm³/mol. The molecular formula is C19H21ClN4O. The molecule has 1 amide bonds. The number of hydrogen-bond donors (Lipinski definition) is 1. The fourth-order valence-corrected chi connectivity index (χ4v) is 2.87. The fraction of sp³-hybridized carbons (Fsp3) is 0.316. The minimum Gasteiger partial charge on any atom is -0.357 e.